The second-order valence-corrected chi connectivity index (χ2v) is 9.00. The lowest BCUT2D eigenvalue weighted by Crippen LogP contribution is -2.75. The minimum absolute atomic E-state index is 0.00402. The number of amides is 2. The summed E-state index contributed by atoms with van der Waals surface area (Å²) in [6.45, 7) is 0.691. The van der Waals surface area contributed by atoms with Gasteiger partial charge in [-0.3, -0.25) is 9.59 Å². The van der Waals surface area contributed by atoms with Gasteiger partial charge < -0.3 is 30.3 Å². The van der Waals surface area contributed by atoms with E-state index >= 15 is 0 Å². The number of rotatable bonds is 6. The van der Waals surface area contributed by atoms with E-state index in [1.54, 1.807) is 22.0 Å². The summed E-state index contributed by atoms with van der Waals surface area (Å²) in [5.41, 5.74) is 5.84. The number of aromatic nitrogens is 1. The zero-order chi connectivity index (χ0) is 20.5. The number of nitrogens with one attached hydrogen (secondary N) is 1. The fraction of sp³-hybridized carbons (Fsp3) is 0.588. The molecule has 3 aliphatic heterocycles. The number of thiazole rings is 1. The Hall–Kier alpha value is -2.18. The van der Waals surface area contributed by atoms with Gasteiger partial charge in [0.25, 0.3) is 5.91 Å². The molecule has 4 rings (SSSR count). The Morgan fingerprint density at radius 3 is 3.00 bits per heavy atom. The maximum Gasteiger partial charge on any atom is 0.276 e. The smallest absolute Gasteiger partial charge is 0.276 e. The number of β-lactam (4-membered cyclic amide) rings is 1. The topological polar surface area (TPSA) is 136 Å². The van der Waals surface area contributed by atoms with Crippen molar-refractivity contribution in [2.24, 2.45) is 11.1 Å². The molecule has 1 aromatic heterocycles. The zero-order valence-electron chi connectivity index (χ0n) is 15.6. The van der Waals surface area contributed by atoms with Gasteiger partial charge in [-0.25, -0.2) is 4.98 Å². The van der Waals surface area contributed by atoms with Crippen molar-refractivity contribution in [3.63, 3.8) is 0 Å². The van der Waals surface area contributed by atoms with Crippen molar-refractivity contribution >= 4 is 52.0 Å². The third-order valence-corrected chi connectivity index (χ3v) is 7.42. The molecule has 2 unspecified atom stereocenters. The van der Waals surface area contributed by atoms with Crippen LogP contribution >= 0.6 is 23.1 Å². The predicted octanol–water partition coefficient (Wildman–Crippen LogP) is -0.162. The van der Waals surface area contributed by atoms with Crippen LogP contribution in [0.25, 0.3) is 0 Å². The van der Waals surface area contributed by atoms with Crippen LogP contribution in [0.2, 0.25) is 0 Å². The first-order chi connectivity index (χ1) is 14.0. The van der Waals surface area contributed by atoms with E-state index in [1.165, 1.54) is 18.4 Å². The van der Waals surface area contributed by atoms with Crippen LogP contribution in [0.15, 0.2) is 10.5 Å². The second kappa shape index (κ2) is 8.28. The molecule has 0 aliphatic carbocycles. The molecule has 12 heteroatoms. The number of aldehydes is 1. The summed E-state index contributed by atoms with van der Waals surface area (Å²) >= 11 is 2.72. The van der Waals surface area contributed by atoms with Crippen molar-refractivity contribution < 1.29 is 24.0 Å². The quantitative estimate of drug-likeness (QED) is 0.270. The largest absolute Gasteiger partial charge is 0.398 e. The van der Waals surface area contributed by atoms with E-state index in [1.807, 2.05) is 0 Å². The highest BCUT2D eigenvalue weighted by Gasteiger charge is 2.57. The molecule has 3 aliphatic rings. The minimum atomic E-state index is -0.738. The number of hydrogen-bond acceptors (Lipinski definition) is 10. The maximum atomic E-state index is 12.8. The summed E-state index contributed by atoms with van der Waals surface area (Å²) in [4.78, 5) is 47.6. The summed E-state index contributed by atoms with van der Waals surface area (Å²) in [6.07, 6.45) is 2.69. The van der Waals surface area contributed by atoms with Crippen LogP contribution < -0.4 is 11.1 Å². The number of nitrogens with zero attached hydrogens (tertiary/aromatic N) is 3. The Kier molecular flexibility index (Phi) is 5.74. The monoisotopic (exact) mass is 439 g/mol. The normalized spacial score (nSPS) is 31.8. The van der Waals surface area contributed by atoms with Crippen LogP contribution in [-0.4, -0.2) is 76.7 Å². The van der Waals surface area contributed by atoms with Crippen molar-refractivity contribution in [2.45, 2.75) is 36.4 Å². The highest BCUT2D eigenvalue weighted by molar-refractivity contribution is 8.00. The van der Waals surface area contributed by atoms with Gasteiger partial charge in [-0.15, -0.1) is 23.1 Å². The summed E-state index contributed by atoms with van der Waals surface area (Å²) in [5, 5.41) is 8.01. The van der Waals surface area contributed by atoms with E-state index in [9.17, 15) is 14.4 Å². The fourth-order valence-corrected chi connectivity index (χ4v) is 6.12. The zero-order valence-corrected chi connectivity index (χ0v) is 17.3. The third kappa shape index (κ3) is 3.60. The summed E-state index contributed by atoms with van der Waals surface area (Å²) < 4.78 is 5.74. The standard InChI is InChI=1S/C17H21N5O5S2/c1-26-21-12(9-7-29-17(18)19-9)14(24)20-13-15(25)22-10(5-23)8(6-28-16(13)22)11-3-2-4-27-11/h5,7-8,10-11,13,16H,2-4,6H2,1H3,(H2,18,19)(H,20,24)/b21-12+/t8?,10?,11-,13+,16+/m0/s1. The van der Waals surface area contributed by atoms with Gasteiger partial charge in [0, 0.05) is 23.7 Å². The lowest BCUT2D eigenvalue weighted by Gasteiger charge is -2.54. The molecule has 0 saturated carbocycles. The van der Waals surface area contributed by atoms with E-state index in [0.717, 1.165) is 19.1 Å². The number of carbonyl (C=O) groups excluding carboxylic acids is 3. The molecule has 0 bridgehead atoms. The third-order valence-electron chi connectivity index (χ3n) is 5.33. The van der Waals surface area contributed by atoms with Gasteiger partial charge in [0.05, 0.1) is 12.1 Å². The van der Waals surface area contributed by atoms with Crippen molar-refractivity contribution in [2.75, 3.05) is 25.2 Å². The van der Waals surface area contributed by atoms with E-state index in [4.69, 9.17) is 15.3 Å². The van der Waals surface area contributed by atoms with E-state index < -0.39 is 18.0 Å². The number of hydrogen-bond donors (Lipinski definition) is 2. The number of carbonyl (C=O) groups is 3. The average Bonchev–Trinajstić information content (AvgIpc) is 3.40. The molecule has 4 heterocycles. The maximum absolute atomic E-state index is 12.8. The lowest BCUT2D eigenvalue weighted by molar-refractivity contribution is -0.157. The Morgan fingerprint density at radius 2 is 2.38 bits per heavy atom. The van der Waals surface area contributed by atoms with Crippen LogP contribution in [0.1, 0.15) is 18.5 Å². The second-order valence-electron chi connectivity index (χ2n) is 6.96. The molecular formula is C17H21N5O5S2. The SMILES string of the molecule is CO/N=C(/C(=O)N[C@@H]1C(=O)N2C(C=O)C([C@@H]3CCCO3)CS[C@H]12)c1csc(N)n1. The summed E-state index contributed by atoms with van der Waals surface area (Å²) in [5.74, 6) is -0.207. The van der Waals surface area contributed by atoms with Crippen LogP contribution in [0.3, 0.4) is 0 Å². The van der Waals surface area contributed by atoms with Crippen LogP contribution in [-0.2, 0) is 24.0 Å². The van der Waals surface area contributed by atoms with Gasteiger partial charge in [0.2, 0.25) is 5.91 Å². The van der Waals surface area contributed by atoms with E-state index in [2.05, 4.69) is 15.5 Å². The van der Waals surface area contributed by atoms with Gasteiger partial charge in [0.1, 0.15) is 30.5 Å². The number of ether oxygens (including phenoxy) is 1. The molecule has 0 radical (unpaired) electrons. The number of thioether (sulfide) groups is 1. The first kappa shape index (κ1) is 20.1. The van der Waals surface area contributed by atoms with Gasteiger partial charge in [-0.1, -0.05) is 5.16 Å². The van der Waals surface area contributed by atoms with Crippen molar-refractivity contribution in [1.82, 2.24) is 15.2 Å². The van der Waals surface area contributed by atoms with Crippen LogP contribution in [0.5, 0.6) is 0 Å². The van der Waals surface area contributed by atoms with Crippen LogP contribution in [0, 0.1) is 5.92 Å². The van der Waals surface area contributed by atoms with Gasteiger partial charge >= 0.3 is 0 Å². The molecule has 2 amide bonds. The lowest BCUT2D eigenvalue weighted by atomic mass is 9.89. The Bertz CT molecular complexity index is 840. The summed E-state index contributed by atoms with van der Waals surface area (Å²) in [7, 11) is 1.32. The molecule has 1 aromatic rings. The highest BCUT2D eigenvalue weighted by Crippen LogP contribution is 2.42. The van der Waals surface area contributed by atoms with Gasteiger partial charge in [0.15, 0.2) is 10.8 Å². The molecule has 3 N–H and O–H groups in total. The molecule has 156 valence electrons. The minimum Gasteiger partial charge on any atom is -0.398 e. The van der Waals surface area contributed by atoms with Crippen molar-refractivity contribution in [3.05, 3.63) is 11.1 Å². The summed E-state index contributed by atoms with van der Waals surface area (Å²) in [6, 6.07) is -1.27. The number of fused-ring (bicyclic) bond motifs is 1. The van der Waals surface area contributed by atoms with Crippen molar-refractivity contribution in [3.8, 4) is 0 Å². The number of anilines is 1. The molecule has 3 fully saturated rings. The first-order valence-electron chi connectivity index (χ1n) is 9.19. The molecule has 3 saturated heterocycles. The molecule has 0 spiro atoms. The molecule has 5 atom stereocenters. The fourth-order valence-electron chi connectivity index (χ4n) is 3.96. The van der Waals surface area contributed by atoms with Gasteiger partial charge in [-0.05, 0) is 12.8 Å². The molecule has 0 aromatic carbocycles. The van der Waals surface area contributed by atoms with Gasteiger partial charge in [-0.2, -0.15) is 0 Å². The Morgan fingerprint density at radius 1 is 1.55 bits per heavy atom. The van der Waals surface area contributed by atoms with E-state index in [-0.39, 0.29) is 34.7 Å². The van der Waals surface area contributed by atoms with Crippen LogP contribution in [0.4, 0.5) is 5.13 Å². The first-order valence-corrected chi connectivity index (χ1v) is 11.1. The number of oxime groups is 1. The molecule has 10 nitrogen and oxygen atoms in total. The Labute approximate surface area is 175 Å². The molecular weight excluding hydrogens is 418 g/mol. The predicted molar refractivity (Wildman–Crippen MR) is 107 cm³/mol. The average molecular weight is 440 g/mol. The number of nitrogens with two attached hydrogens (primary N) is 1. The van der Waals surface area contributed by atoms with E-state index in [0.29, 0.717) is 17.5 Å². The molecule has 29 heavy (non-hydrogen) atoms. The Balaban J connectivity index is 1.46. The highest BCUT2D eigenvalue weighted by atomic mass is 32.2. The van der Waals surface area contributed by atoms with Crippen molar-refractivity contribution in [1.29, 1.82) is 0 Å². The number of nitrogen functional groups attached to an aromatic ring is 1.